The van der Waals surface area contributed by atoms with Gasteiger partial charge in [0.15, 0.2) is 0 Å². The summed E-state index contributed by atoms with van der Waals surface area (Å²) in [6, 6.07) is 0. The van der Waals surface area contributed by atoms with Gasteiger partial charge in [0.1, 0.15) is 0 Å². The zero-order valence-electron chi connectivity index (χ0n) is 22.7. The number of aliphatic hydroxyl groups is 2. The molecule has 0 unspecified atom stereocenters. The molecule has 0 radical (unpaired) electrons. The average Bonchev–Trinajstić information content (AvgIpc) is 3.52. The number of unbranched alkanes of at least 4 members (excludes halogenated alkanes) is 14. The van der Waals surface area contributed by atoms with Gasteiger partial charge in [0.25, 0.3) is 0 Å². The Balaban J connectivity index is 1.51. The van der Waals surface area contributed by atoms with Gasteiger partial charge in [-0.1, -0.05) is 117 Å². The van der Waals surface area contributed by atoms with Crippen molar-refractivity contribution in [1.82, 2.24) is 0 Å². The minimum Gasteiger partial charge on any atom is -0.390 e. The monoisotopic (exact) mass is 482 g/mol. The van der Waals surface area contributed by atoms with E-state index < -0.39 is 0 Å². The molecule has 0 aromatic rings. The molecule has 2 aliphatic heterocycles. The van der Waals surface area contributed by atoms with Crippen LogP contribution in [-0.2, 0) is 9.47 Å². The van der Waals surface area contributed by atoms with Gasteiger partial charge in [0.05, 0.1) is 36.6 Å². The fourth-order valence-electron chi connectivity index (χ4n) is 5.84. The molecule has 0 aromatic carbocycles. The van der Waals surface area contributed by atoms with E-state index >= 15 is 0 Å². The molecule has 4 nitrogen and oxygen atoms in total. The van der Waals surface area contributed by atoms with Crippen LogP contribution >= 0.6 is 0 Å². The summed E-state index contributed by atoms with van der Waals surface area (Å²) in [6.45, 7) is 4.52. The molecule has 2 aliphatic rings. The smallest absolute Gasteiger partial charge is 0.0842 e. The van der Waals surface area contributed by atoms with E-state index in [0.717, 1.165) is 51.4 Å². The van der Waals surface area contributed by atoms with E-state index in [1.165, 1.54) is 89.9 Å². The van der Waals surface area contributed by atoms with Gasteiger partial charge >= 0.3 is 0 Å². The van der Waals surface area contributed by atoms with Crippen molar-refractivity contribution in [2.45, 2.75) is 192 Å². The van der Waals surface area contributed by atoms with Crippen molar-refractivity contribution in [2.24, 2.45) is 0 Å². The lowest BCUT2D eigenvalue weighted by atomic mass is 10.0. The van der Waals surface area contributed by atoms with Gasteiger partial charge in [-0.3, -0.25) is 0 Å². The summed E-state index contributed by atoms with van der Waals surface area (Å²) in [6.07, 6.45) is 25.7. The summed E-state index contributed by atoms with van der Waals surface area (Å²) in [7, 11) is 0. The maximum atomic E-state index is 10.6. The Morgan fingerprint density at radius 2 is 0.824 bits per heavy atom. The van der Waals surface area contributed by atoms with E-state index in [1.807, 2.05) is 0 Å². The highest BCUT2D eigenvalue weighted by Crippen LogP contribution is 2.34. The summed E-state index contributed by atoms with van der Waals surface area (Å²) in [5.74, 6) is 0. The quantitative estimate of drug-likeness (QED) is 0.163. The van der Waals surface area contributed by atoms with Gasteiger partial charge in [-0.15, -0.1) is 0 Å². The van der Waals surface area contributed by atoms with E-state index in [0.29, 0.717) is 0 Å². The summed E-state index contributed by atoms with van der Waals surface area (Å²) < 4.78 is 12.5. The molecule has 0 bridgehead atoms. The number of rotatable bonds is 21. The first-order valence-electron chi connectivity index (χ1n) is 15.3. The summed E-state index contributed by atoms with van der Waals surface area (Å²) in [4.78, 5) is 0. The third-order valence-electron chi connectivity index (χ3n) is 8.15. The van der Waals surface area contributed by atoms with Crippen molar-refractivity contribution >= 4 is 0 Å². The van der Waals surface area contributed by atoms with Crippen LogP contribution in [0.5, 0.6) is 0 Å². The van der Waals surface area contributed by atoms with Gasteiger partial charge in [-0.25, -0.2) is 0 Å². The Morgan fingerprint density at radius 3 is 1.18 bits per heavy atom. The van der Waals surface area contributed by atoms with Crippen LogP contribution in [0.1, 0.15) is 155 Å². The van der Waals surface area contributed by atoms with Crippen LogP contribution in [0.4, 0.5) is 0 Å². The van der Waals surface area contributed by atoms with Gasteiger partial charge in [-0.05, 0) is 38.5 Å². The first-order chi connectivity index (χ1) is 16.7. The fraction of sp³-hybridized carbons (Fsp3) is 1.00. The minimum absolute atomic E-state index is 0.0283. The Hall–Kier alpha value is -0.160. The third kappa shape index (κ3) is 12.2. The van der Waals surface area contributed by atoms with Crippen molar-refractivity contribution in [3.05, 3.63) is 0 Å². The Morgan fingerprint density at radius 1 is 0.500 bits per heavy atom. The highest BCUT2D eigenvalue weighted by atomic mass is 16.6. The molecule has 4 heteroatoms. The first-order valence-corrected chi connectivity index (χ1v) is 15.3. The van der Waals surface area contributed by atoms with Crippen LogP contribution in [0.2, 0.25) is 0 Å². The maximum absolute atomic E-state index is 10.6. The largest absolute Gasteiger partial charge is 0.390 e. The molecule has 34 heavy (non-hydrogen) atoms. The lowest BCUT2D eigenvalue weighted by molar-refractivity contribution is -0.110. The predicted molar refractivity (Wildman–Crippen MR) is 142 cm³/mol. The summed E-state index contributed by atoms with van der Waals surface area (Å²) in [5.41, 5.74) is 0. The highest BCUT2D eigenvalue weighted by molar-refractivity contribution is 4.89. The van der Waals surface area contributed by atoms with Gasteiger partial charge in [-0.2, -0.15) is 0 Å². The molecule has 0 amide bonds. The van der Waals surface area contributed by atoms with Gasteiger partial charge in [0.2, 0.25) is 0 Å². The van der Waals surface area contributed by atoms with Gasteiger partial charge in [0, 0.05) is 0 Å². The second-order valence-electron chi connectivity index (χ2n) is 11.2. The maximum Gasteiger partial charge on any atom is 0.0842 e. The molecule has 2 saturated heterocycles. The van der Waals surface area contributed by atoms with Crippen LogP contribution in [0, 0.1) is 0 Å². The predicted octanol–water partition coefficient (Wildman–Crippen LogP) is 7.87. The Bertz CT molecular complexity index is 429. The van der Waals surface area contributed by atoms with E-state index in [4.69, 9.17) is 9.47 Å². The SMILES string of the molecule is CCCCCCCCCC[C@@H](O)[C@H]1CC[C@@H]([C@@H]2CC[C@H]([C@H](O)CCCCCCCCCC)O2)O1. The van der Waals surface area contributed by atoms with E-state index in [-0.39, 0.29) is 36.6 Å². The minimum atomic E-state index is -0.338. The lowest BCUT2D eigenvalue weighted by Gasteiger charge is -2.24. The molecular formula is C30H58O4. The third-order valence-corrected chi connectivity index (χ3v) is 8.15. The van der Waals surface area contributed by atoms with E-state index in [9.17, 15) is 10.2 Å². The fourth-order valence-corrected chi connectivity index (χ4v) is 5.84. The van der Waals surface area contributed by atoms with Gasteiger partial charge < -0.3 is 19.7 Å². The van der Waals surface area contributed by atoms with Crippen LogP contribution in [0.3, 0.4) is 0 Å². The lowest BCUT2D eigenvalue weighted by Crippen LogP contribution is -2.33. The molecule has 6 atom stereocenters. The molecule has 2 N–H and O–H groups in total. The number of aliphatic hydroxyl groups excluding tert-OH is 2. The summed E-state index contributed by atoms with van der Waals surface area (Å²) in [5, 5.41) is 21.2. The molecule has 0 saturated carbocycles. The normalized spacial score (nSPS) is 26.8. The molecular weight excluding hydrogens is 424 g/mol. The average molecular weight is 483 g/mol. The summed E-state index contributed by atoms with van der Waals surface area (Å²) >= 11 is 0. The zero-order chi connectivity index (χ0) is 24.4. The molecule has 0 aromatic heterocycles. The Kier molecular flexibility index (Phi) is 16.8. The zero-order valence-corrected chi connectivity index (χ0v) is 22.7. The molecule has 0 spiro atoms. The second kappa shape index (κ2) is 19.0. The Labute approximate surface area is 211 Å². The number of hydrogen-bond donors (Lipinski definition) is 2. The number of ether oxygens (including phenoxy) is 2. The molecule has 2 rings (SSSR count). The molecule has 2 heterocycles. The topological polar surface area (TPSA) is 58.9 Å². The van der Waals surface area contributed by atoms with Crippen LogP contribution < -0.4 is 0 Å². The second-order valence-corrected chi connectivity index (χ2v) is 11.2. The molecule has 202 valence electrons. The van der Waals surface area contributed by atoms with Crippen molar-refractivity contribution in [1.29, 1.82) is 0 Å². The van der Waals surface area contributed by atoms with E-state index in [1.54, 1.807) is 0 Å². The molecule has 2 fully saturated rings. The van der Waals surface area contributed by atoms with Crippen LogP contribution in [-0.4, -0.2) is 46.8 Å². The van der Waals surface area contributed by atoms with Crippen molar-refractivity contribution in [3.8, 4) is 0 Å². The van der Waals surface area contributed by atoms with E-state index in [2.05, 4.69) is 13.8 Å². The number of hydrogen-bond acceptors (Lipinski definition) is 4. The van der Waals surface area contributed by atoms with Crippen molar-refractivity contribution < 1.29 is 19.7 Å². The highest BCUT2D eigenvalue weighted by Gasteiger charge is 2.40. The van der Waals surface area contributed by atoms with Crippen LogP contribution in [0.15, 0.2) is 0 Å². The van der Waals surface area contributed by atoms with Crippen LogP contribution in [0.25, 0.3) is 0 Å². The van der Waals surface area contributed by atoms with Crippen molar-refractivity contribution in [2.75, 3.05) is 0 Å². The first kappa shape index (κ1) is 30.1. The van der Waals surface area contributed by atoms with Crippen molar-refractivity contribution in [3.63, 3.8) is 0 Å². The standard InChI is InChI=1S/C30H58O4/c1-3-5-7-9-11-13-15-17-19-25(31)27-21-23-29(33-27)30-24-22-28(34-30)26(32)20-18-16-14-12-10-8-6-4-2/h25-32H,3-24H2,1-2H3/t25-,26-,27-,28-,29+,30+/m1/s1. The molecule has 0 aliphatic carbocycles.